The number of hydrogen-bond acceptors (Lipinski definition) is 6. The van der Waals surface area contributed by atoms with Crippen LogP contribution in [-0.4, -0.2) is 33.4 Å². The first-order valence-electron chi connectivity index (χ1n) is 10.4. The molecule has 32 heavy (non-hydrogen) atoms. The molecule has 1 aliphatic heterocycles. The smallest absolute Gasteiger partial charge is 0.272 e. The van der Waals surface area contributed by atoms with Crippen LogP contribution in [0.25, 0.3) is 16.7 Å². The lowest BCUT2D eigenvalue weighted by atomic mass is 10.1. The fraction of sp³-hybridized carbons (Fsp3) is 0.160. The summed E-state index contributed by atoms with van der Waals surface area (Å²) in [5, 5.41) is 7.86. The minimum absolute atomic E-state index is 0.274. The van der Waals surface area contributed by atoms with Gasteiger partial charge in [-0.25, -0.2) is 4.98 Å². The van der Waals surface area contributed by atoms with E-state index in [0.717, 1.165) is 24.5 Å². The van der Waals surface area contributed by atoms with Crippen molar-refractivity contribution in [1.82, 2.24) is 19.9 Å². The van der Waals surface area contributed by atoms with Crippen LogP contribution >= 0.6 is 11.8 Å². The molecule has 5 rings (SSSR count). The highest BCUT2D eigenvalue weighted by Gasteiger charge is 2.16. The molecule has 1 aliphatic rings. The van der Waals surface area contributed by atoms with Gasteiger partial charge in [-0.05, 0) is 35.9 Å². The molecule has 0 saturated carbocycles. The topological polar surface area (TPSA) is 71.8 Å². The zero-order valence-electron chi connectivity index (χ0n) is 17.3. The van der Waals surface area contributed by atoms with Gasteiger partial charge in [-0.15, -0.1) is 6.42 Å². The number of nitrogens with zero attached hydrogens (tertiary/aromatic N) is 3. The third kappa shape index (κ3) is 3.98. The first-order chi connectivity index (χ1) is 15.7. The summed E-state index contributed by atoms with van der Waals surface area (Å²) in [6, 6.07) is 19.3. The maximum atomic E-state index is 13.0. The molecule has 0 amide bonds. The summed E-state index contributed by atoms with van der Waals surface area (Å²) in [7, 11) is 0. The number of thioether (sulfide) groups is 1. The van der Waals surface area contributed by atoms with Gasteiger partial charge in [0.05, 0.1) is 11.3 Å². The van der Waals surface area contributed by atoms with Gasteiger partial charge in [-0.1, -0.05) is 36.3 Å². The minimum Gasteiger partial charge on any atom is -0.324 e. The van der Waals surface area contributed by atoms with Crippen LogP contribution in [0.5, 0.6) is 0 Å². The Labute approximate surface area is 190 Å². The Bertz CT molecular complexity index is 1350. The van der Waals surface area contributed by atoms with E-state index in [1.54, 1.807) is 12.3 Å². The fourth-order valence-corrected chi connectivity index (χ4v) is 4.90. The second-order valence-corrected chi connectivity index (χ2v) is 8.77. The molecule has 2 aromatic carbocycles. The van der Waals surface area contributed by atoms with Gasteiger partial charge in [0.1, 0.15) is 0 Å². The summed E-state index contributed by atoms with van der Waals surface area (Å²) >= 11 is 1.98. The van der Waals surface area contributed by atoms with Gasteiger partial charge in [-0.2, -0.15) is 16.7 Å². The van der Waals surface area contributed by atoms with Crippen molar-refractivity contribution in [2.75, 3.05) is 24.2 Å². The predicted octanol–water partition coefficient (Wildman–Crippen LogP) is 3.88. The molecule has 1 fully saturated rings. The van der Waals surface area contributed by atoms with Crippen LogP contribution in [0.3, 0.4) is 0 Å². The van der Waals surface area contributed by atoms with Crippen LogP contribution in [0.4, 0.5) is 11.6 Å². The molecule has 3 heterocycles. The lowest BCUT2D eigenvalue weighted by Crippen LogP contribution is -2.28. The van der Waals surface area contributed by atoms with Crippen molar-refractivity contribution < 1.29 is 0 Å². The molecule has 1 saturated heterocycles. The summed E-state index contributed by atoms with van der Waals surface area (Å²) < 4.78 is 1.54. The van der Waals surface area contributed by atoms with Gasteiger partial charge in [0.2, 0.25) is 5.95 Å². The van der Waals surface area contributed by atoms with E-state index in [9.17, 15) is 4.79 Å². The summed E-state index contributed by atoms with van der Waals surface area (Å²) in [6.45, 7) is 2.05. The largest absolute Gasteiger partial charge is 0.324 e. The second kappa shape index (κ2) is 8.87. The van der Waals surface area contributed by atoms with Crippen molar-refractivity contribution in [3.8, 4) is 18.0 Å². The number of aromatic nitrogens is 3. The average Bonchev–Trinajstić information content (AvgIpc) is 2.85. The number of terminal acetylenes is 1. The lowest BCUT2D eigenvalue weighted by molar-refractivity contribution is 0.689. The number of para-hydroxylation sites is 1. The van der Waals surface area contributed by atoms with Crippen molar-refractivity contribution in [3.05, 3.63) is 88.3 Å². The van der Waals surface area contributed by atoms with Crippen molar-refractivity contribution in [2.24, 2.45) is 0 Å². The lowest BCUT2D eigenvalue weighted by Gasteiger charge is -2.22. The van der Waals surface area contributed by atoms with E-state index in [4.69, 9.17) is 6.42 Å². The predicted molar refractivity (Wildman–Crippen MR) is 131 cm³/mol. The van der Waals surface area contributed by atoms with E-state index in [1.807, 2.05) is 54.2 Å². The Morgan fingerprint density at radius 3 is 2.69 bits per heavy atom. The third-order valence-electron chi connectivity index (χ3n) is 5.38. The number of fused-ring (bicyclic) bond motifs is 1. The highest BCUT2D eigenvalue weighted by atomic mass is 32.2. The van der Waals surface area contributed by atoms with Gasteiger partial charge in [0.25, 0.3) is 5.56 Å². The highest BCUT2D eigenvalue weighted by molar-refractivity contribution is 7.99. The Morgan fingerprint density at radius 1 is 1.16 bits per heavy atom. The number of benzene rings is 2. The van der Waals surface area contributed by atoms with Gasteiger partial charge in [0, 0.05) is 41.4 Å². The molecule has 2 aromatic heterocycles. The van der Waals surface area contributed by atoms with Crippen molar-refractivity contribution in [3.63, 3.8) is 0 Å². The fourth-order valence-electron chi connectivity index (χ4n) is 3.77. The number of hydrogen-bond donors (Lipinski definition) is 2. The number of rotatable bonds is 4. The molecule has 0 aliphatic carbocycles. The minimum atomic E-state index is -0.279. The summed E-state index contributed by atoms with van der Waals surface area (Å²) in [5.74, 6) is 4.01. The standard InChI is InChI=1S/C25H21N5OS/c1-2-17-14-19-15-27-25(29-23(19)30(24(17)31)21-6-4-3-5-7-21)28-20-10-8-18(9-11-20)22-16-26-12-13-32-22/h1,3-11,14-15,22,26H,12-13,16H2,(H,27,28,29). The van der Waals surface area contributed by atoms with Crippen LogP contribution in [0, 0.1) is 12.3 Å². The Kier molecular flexibility index (Phi) is 5.63. The summed E-state index contributed by atoms with van der Waals surface area (Å²) in [4.78, 5) is 22.1. The maximum absolute atomic E-state index is 13.0. The zero-order valence-corrected chi connectivity index (χ0v) is 18.1. The van der Waals surface area contributed by atoms with Gasteiger partial charge >= 0.3 is 0 Å². The molecule has 6 nitrogen and oxygen atoms in total. The summed E-state index contributed by atoms with van der Waals surface area (Å²) in [6.07, 6.45) is 7.25. The van der Waals surface area contributed by atoms with E-state index < -0.39 is 0 Å². The van der Waals surface area contributed by atoms with Crippen LogP contribution < -0.4 is 16.2 Å². The third-order valence-corrected chi connectivity index (χ3v) is 6.66. The molecule has 1 unspecified atom stereocenters. The molecular formula is C25H21N5OS. The number of nitrogens with one attached hydrogen (secondary N) is 2. The second-order valence-electron chi connectivity index (χ2n) is 7.46. The first kappa shape index (κ1) is 20.3. The van der Waals surface area contributed by atoms with Crippen LogP contribution in [0.1, 0.15) is 16.4 Å². The molecule has 0 bridgehead atoms. The van der Waals surface area contributed by atoms with E-state index in [1.165, 1.54) is 10.1 Å². The Hall–Kier alpha value is -3.60. The van der Waals surface area contributed by atoms with Crippen molar-refractivity contribution in [1.29, 1.82) is 0 Å². The number of anilines is 2. The van der Waals surface area contributed by atoms with Crippen LogP contribution in [-0.2, 0) is 0 Å². The van der Waals surface area contributed by atoms with Crippen LogP contribution in [0.15, 0.2) is 71.7 Å². The van der Waals surface area contributed by atoms with Crippen molar-refractivity contribution in [2.45, 2.75) is 5.25 Å². The molecule has 2 N–H and O–H groups in total. The number of pyridine rings is 1. The molecule has 1 atom stereocenters. The van der Waals surface area contributed by atoms with E-state index >= 15 is 0 Å². The highest BCUT2D eigenvalue weighted by Crippen LogP contribution is 2.31. The molecule has 158 valence electrons. The molecule has 7 heteroatoms. The normalized spacial score (nSPS) is 15.9. The molecule has 0 radical (unpaired) electrons. The SMILES string of the molecule is C#Cc1cc2cnc(Nc3ccc(C4CNCCS4)cc3)nc2n(-c2ccccc2)c1=O. The first-order valence-corrected chi connectivity index (χ1v) is 11.4. The van der Waals surface area contributed by atoms with E-state index in [2.05, 4.69) is 38.7 Å². The van der Waals surface area contributed by atoms with Crippen LogP contribution in [0.2, 0.25) is 0 Å². The maximum Gasteiger partial charge on any atom is 0.272 e. The average molecular weight is 440 g/mol. The molecular weight excluding hydrogens is 418 g/mol. The monoisotopic (exact) mass is 439 g/mol. The van der Waals surface area contributed by atoms with Gasteiger partial charge < -0.3 is 10.6 Å². The Morgan fingerprint density at radius 2 is 1.97 bits per heavy atom. The Balaban J connectivity index is 1.50. The van der Waals surface area contributed by atoms with Gasteiger partial charge in [0.15, 0.2) is 5.65 Å². The van der Waals surface area contributed by atoms with E-state index in [-0.39, 0.29) is 11.1 Å². The summed E-state index contributed by atoms with van der Waals surface area (Å²) in [5.41, 5.74) is 3.38. The molecule has 0 spiro atoms. The van der Waals surface area contributed by atoms with Crippen molar-refractivity contribution >= 4 is 34.4 Å². The zero-order chi connectivity index (χ0) is 21.9. The quantitative estimate of drug-likeness (QED) is 0.470. The van der Waals surface area contributed by atoms with E-state index in [0.29, 0.717) is 27.9 Å². The molecule has 4 aromatic rings. The van der Waals surface area contributed by atoms with Gasteiger partial charge in [-0.3, -0.25) is 9.36 Å².